The zero-order chi connectivity index (χ0) is 17.5. The Kier molecular flexibility index (Phi) is 13.4. The number of hydrogen-bond donors (Lipinski definition) is 2. The first-order chi connectivity index (χ1) is 11.2. The molecule has 0 aliphatic carbocycles. The fourth-order valence-corrected chi connectivity index (χ4v) is 2.34. The number of carbonyl (C=O) groups is 1. The van der Waals surface area contributed by atoms with Crippen molar-refractivity contribution in [2.75, 3.05) is 26.7 Å². The Bertz CT molecular complexity index is 390. The molecule has 0 spiro atoms. The number of carbonyl (C=O) groups excluding carboxylic acids is 1. The molecule has 132 valence electrons. The number of nitrogens with one attached hydrogen (secondary N) is 1. The lowest BCUT2D eigenvalue weighted by atomic mass is 10.1. The molecule has 4 nitrogen and oxygen atoms in total. The van der Waals surface area contributed by atoms with Crippen LogP contribution in [-0.2, 0) is 11.2 Å². The highest BCUT2D eigenvalue weighted by atomic mass is 16.3. The van der Waals surface area contributed by atoms with E-state index in [0.717, 1.165) is 32.5 Å². The smallest absolute Gasteiger partial charge is 0.219 e. The van der Waals surface area contributed by atoms with Gasteiger partial charge in [-0.2, -0.15) is 0 Å². The van der Waals surface area contributed by atoms with Gasteiger partial charge >= 0.3 is 0 Å². The first kappa shape index (κ1) is 21.6. The van der Waals surface area contributed by atoms with Crippen LogP contribution in [-0.4, -0.2) is 48.7 Å². The van der Waals surface area contributed by atoms with Gasteiger partial charge in [-0.05, 0) is 31.4 Å². The zero-order valence-electron chi connectivity index (χ0n) is 15.2. The highest BCUT2D eigenvalue weighted by molar-refractivity contribution is 5.74. The summed E-state index contributed by atoms with van der Waals surface area (Å²) < 4.78 is 0. The number of benzene rings is 1. The van der Waals surface area contributed by atoms with Crippen molar-refractivity contribution in [2.45, 2.75) is 52.6 Å². The molecule has 2 N–H and O–H groups in total. The molecule has 1 saturated heterocycles. The first-order valence-electron chi connectivity index (χ1n) is 8.80. The lowest BCUT2D eigenvalue weighted by Gasteiger charge is -2.14. The minimum atomic E-state index is -0.0817. The molecule has 0 bridgehead atoms. The van der Waals surface area contributed by atoms with E-state index < -0.39 is 0 Å². The topological polar surface area (TPSA) is 52.6 Å². The van der Waals surface area contributed by atoms with Crippen molar-refractivity contribution in [3.8, 4) is 0 Å². The Morgan fingerprint density at radius 1 is 1.30 bits per heavy atom. The summed E-state index contributed by atoms with van der Waals surface area (Å²) in [6.45, 7) is 8.87. The summed E-state index contributed by atoms with van der Waals surface area (Å²) in [5, 5.41) is 11.8. The summed E-state index contributed by atoms with van der Waals surface area (Å²) in [4.78, 5) is 12.4. The quantitative estimate of drug-likeness (QED) is 0.876. The molecular formula is C19H34N2O2. The number of aryl methyl sites for hydroxylation is 1. The molecule has 0 radical (unpaired) electrons. The molecule has 1 heterocycles. The fourth-order valence-electron chi connectivity index (χ4n) is 2.34. The molecule has 4 heteroatoms. The van der Waals surface area contributed by atoms with Gasteiger partial charge in [-0.15, -0.1) is 0 Å². The largest absolute Gasteiger partial charge is 0.392 e. The number of hydrogen-bond acceptors (Lipinski definition) is 3. The lowest BCUT2D eigenvalue weighted by molar-refractivity contribution is -0.120. The Labute approximate surface area is 141 Å². The molecule has 1 atom stereocenters. The summed E-state index contributed by atoms with van der Waals surface area (Å²) in [7, 11) is 1.63. The van der Waals surface area contributed by atoms with E-state index in [1.165, 1.54) is 12.0 Å². The number of rotatable bonds is 5. The molecule has 1 unspecified atom stereocenters. The fraction of sp³-hybridized carbons (Fsp3) is 0.632. The second-order valence-electron chi connectivity index (χ2n) is 5.36. The van der Waals surface area contributed by atoms with Gasteiger partial charge in [0.15, 0.2) is 0 Å². The summed E-state index contributed by atoms with van der Waals surface area (Å²) in [5.41, 5.74) is 1.41. The summed E-state index contributed by atoms with van der Waals surface area (Å²) in [6.07, 6.45) is 3.79. The lowest BCUT2D eigenvalue weighted by Crippen LogP contribution is -2.23. The monoisotopic (exact) mass is 322 g/mol. The van der Waals surface area contributed by atoms with Crippen LogP contribution in [0.2, 0.25) is 0 Å². The second kappa shape index (κ2) is 14.2. The number of β-amino-alcohol motifs (C(OH)–C–C–N with tert-alkyl or cyclic N) is 1. The van der Waals surface area contributed by atoms with Crippen LogP contribution in [0, 0.1) is 0 Å². The van der Waals surface area contributed by atoms with Crippen LogP contribution >= 0.6 is 0 Å². The van der Waals surface area contributed by atoms with E-state index in [0.29, 0.717) is 6.42 Å². The van der Waals surface area contributed by atoms with Crippen molar-refractivity contribution in [1.29, 1.82) is 0 Å². The molecule has 0 aromatic heterocycles. The van der Waals surface area contributed by atoms with Gasteiger partial charge in [0.2, 0.25) is 5.91 Å². The molecule has 1 amide bonds. The van der Waals surface area contributed by atoms with Crippen LogP contribution in [0.15, 0.2) is 30.3 Å². The molecule has 1 aliphatic rings. The predicted octanol–water partition coefficient (Wildman–Crippen LogP) is 2.85. The number of amides is 1. The van der Waals surface area contributed by atoms with Crippen LogP contribution in [0.3, 0.4) is 0 Å². The van der Waals surface area contributed by atoms with Gasteiger partial charge in [0.1, 0.15) is 0 Å². The molecule has 0 saturated carbocycles. The minimum absolute atomic E-state index is 0.0817. The molecule has 1 fully saturated rings. The van der Waals surface area contributed by atoms with Crippen molar-refractivity contribution < 1.29 is 9.90 Å². The number of aliphatic hydroxyl groups is 1. The van der Waals surface area contributed by atoms with Gasteiger partial charge in [-0.1, -0.05) is 51.1 Å². The summed E-state index contributed by atoms with van der Waals surface area (Å²) in [6, 6.07) is 10.6. The average molecular weight is 322 g/mol. The van der Waals surface area contributed by atoms with Crippen LogP contribution in [0.25, 0.3) is 0 Å². The van der Waals surface area contributed by atoms with E-state index in [1.54, 1.807) is 7.05 Å². The van der Waals surface area contributed by atoms with Crippen LogP contribution in [0.4, 0.5) is 0 Å². The van der Waals surface area contributed by atoms with Crippen molar-refractivity contribution in [3.05, 3.63) is 35.9 Å². The van der Waals surface area contributed by atoms with Gasteiger partial charge in [0.25, 0.3) is 0 Å². The third kappa shape index (κ3) is 10.9. The predicted molar refractivity (Wildman–Crippen MR) is 97.5 cm³/mol. The van der Waals surface area contributed by atoms with Crippen molar-refractivity contribution in [2.24, 2.45) is 0 Å². The maximum absolute atomic E-state index is 10.1. The molecule has 1 aromatic carbocycles. The third-order valence-electron chi connectivity index (χ3n) is 3.63. The van der Waals surface area contributed by atoms with E-state index >= 15 is 0 Å². The Morgan fingerprint density at radius 3 is 2.39 bits per heavy atom. The van der Waals surface area contributed by atoms with Gasteiger partial charge in [0, 0.05) is 26.6 Å². The summed E-state index contributed by atoms with van der Waals surface area (Å²) >= 11 is 0. The maximum Gasteiger partial charge on any atom is 0.219 e. The van der Waals surface area contributed by atoms with Crippen LogP contribution < -0.4 is 5.32 Å². The molecule has 1 aliphatic heterocycles. The van der Waals surface area contributed by atoms with Gasteiger partial charge in [0.05, 0.1) is 6.10 Å². The minimum Gasteiger partial charge on any atom is -0.392 e. The number of likely N-dealkylation sites (tertiary alicyclic amines) is 1. The van der Waals surface area contributed by atoms with E-state index in [2.05, 4.69) is 40.5 Å². The molecule has 23 heavy (non-hydrogen) atoms. The number of aliphatic hydroxyl groups excluding tert-OH is 1. The SMILES string of the molecule is CC.CCC(=O)NC.OC1CCN(CCCc2ccccc2)C1. The van der Waals surface area contributed by atoms with E-state index in [-0.39, 0.29) is 12.0 Å². The van der Waals surface area contributed by atoms with Gasteiger partial charge in [-0.3, -0.25) is 4.79 Å². The average Bonchev–Trinajstić information content (AvgIpc) is 3.03. The Balaban J connectivity index is 0.000000515. The first-order valence-corrected chi connectivity index (χ1v) is 8.80. The molecule has 1 aromatic rings. The maximum atomic E-state index is 10.1. The highest BCUT2D eigenvalue weighted by Gasteiger charge is 2.18. The van der Waals surface area contributed by atoms with Crippen molar-refractivity contribution in [1.82, 2.24) is 10.2 Å². The van der Waals surface area contributed by atoms with E-state index in [1.807, 2.05) is 20.8 Å². The molecule has 2 rings (SSSR count). The van der Waals surface area contributed by atoms with Crippen molar-refractivity contribution in [3.63, 3.8) is 0 Å². The second-order valence-corrected chi connectivity index (χ2v) is 5.36. The van der Waals surface area contributed by atoms with E-state index in [9.17, 15) is 9.90 Å². The zero-order valence-corrected chi connectivity index (χ0v) is 15.2. The third-order valence-corrected chi connectivity index (χ3v) is 3.63. The standard InChI is InChI=1S/C13H19NO.C4H9NO.C2H6/c15-13-8-10-14(11-13)9-4-7-12-5-2-1-3-6-12;1-3-4(6)5-2;1-2/h1-3,5-6,13,15H,4,7-11H2;3H2,1-2H3,(H,5,6);1-2H3. The van der Waals surface area contributed by atoms with Crippen molar-refractivity contribution >= 4 is 5.91 Å². The number of nitrogens with zero attached hydrogens (tertiary/aromatic N) is 1. The van der Waals surface area contributed by atoms with Gasteiger partial charge < -0.3 is 15.3 Å². The molecular weight excluding hydrogens is 288 g/mol. The van der Waals surface area contributed by atoms with Gasteiger partial charge in [-0.25, -0.2) is 0 Å². The van der Waals surface area contributed by atoms with E-state index in [4.69, 9.17) is 0 Å². The van der Waals surface area contributed by atoms with Crippen LogP contribution in [0.1, 0.15) is 45.6 Å². The Morgan fingerprint density at radius 2 is 1.96 bits per heavy atom. The highest BCUT2D eigenvalue weighted by Crippen LogP contribution is 2.10. The Hall–Kier alpha value is -1.39. The van der Waals surface area contributed by atoms with Crippen LogP contribution in [0.5, 0.6) is 0 Å². The normalized spacial score (nSPS) is 16.7. The summed E-state index contributed by atoms with van der Waals surface area (Å²) in [5.74, 6) is 0.0926.